The molecule has 0 heterocycles. The molecule has 132 valence electrons. The molecule has 0 bridgehead atoms. The number of nitrogens with one attached hydrogen (secondary N) is 1. The van der Waals surface area contributed by atoms with Gasteiger partial charge in [-0.25, -0.2) is 4.39 Å². The summed E-state index contributed by atoms with van der Waals surface area (Å²) in [4.78, 5) is 0. The van der Waals surface area contributed by atoms with Crippen LogP contribution < -0.4 is 5.32 Å². The molecule has 24 heavy (non-hydrogen) atoms. The van der Waals surface area contributed by atoms with Crippen LogP contribution in [-0.2, 0) is 6.42 Å². The third-order valence-corrected chi connectivity index (χ3v) is 4.83. The number of aryl methyl sites for hydroxylation is 1. The fourth-order valence-electron chi connectivity index (χ4n) is 3.05. The number of hydrogen-bond donors (Lipinski definition) is 4. The number of allylic oxidation sites excluding steroid dienone is 1. The van der Waals surface area contributed by atoms with Gasteiger partial charge in [-0.1, -0.05) is 18.2 Å². The Hall–Kier alpha value is -1.69. The van der Waals surface area contributed by atoms with E-state index in [0.29, 0.717) is 12.0 Å². The molecule has 2 rings (SSSR count). The zero-order valence-electron chi connectivity index (χ0n) is 14.0. The Morgan fingerprint density at radius 1 is 1.25 bits per heavy atom. The van der Waals surface area contributed by atoms with Gasteiger partial charge in [-0.3, -0.25) is 0 Å². The van der Waals surface area contributed by atoms with Crippen molar-refractivity contribution < 1.29 is 19.7 Å². The van der Waals surface area contributed by atoms with Gasteiger partial charge < -0.3 is 20.6 Å². The standard InChI is InChI=1S/C19H26FNO3/c1-14(19(13-23)9-8-18(24)16(11-19)12-22)21-10-2-3-15-4-6-17(20)7-5-15/h4-9,14,21-24H,2-3,10-13H2,1H3. The summed E-state index contributed by atoms with van der Waals surface area (Å²) < 4.78 is 12.9. The van der Waals surface area contributed by atoms with Crippen molar-refractivity contribution >= 4 is 0 Å². The smallest absolute Gasteiger partial charge is 0.123 e. The van der Waals surface area contributed by atoms with E-state index in [0.717, 1.165) is 24.9 Å². The molecule has 0 radical (unpaired) electrons. The predicted molar refractivity (Wildman–Crippen MR) is 92.2 cm³/mol. The minimum Gasteiger partial charge on any atom is -0.508 e. The molecule has 1 aromatic rings. The molecule has 1 aromatic carbocycles. The predicted octanol–water partition coefficient (Wildman–Crippen LogP) is 2.48. The van der Waals surface area contributed by atoms with Crippen LogP contribution in [0.4, 0.5) is 4.39 Å². The van der Waals surface area contributed by atoms with E-state index in [1.807, 2.05) is 13.0 Å². The van der Waals surface area contributed by atoms with Crippen molar-refractivity contribution in [3.05, 3.63) is 59.1 Å². The minimum absolute atomic E-state index is 0.0124. The average Bonchev–Trinajstić information content (AvgIpc) is 2.60. The second-order valence-corrected chi connectivity index (χ2v) is 6.45. The van der Waals surface area contributed by atoms with Crippen molar-refractivity contribution in [3.8, 4) is 0 Å². The highest BCUT2D eigenvalue weighted by molar-refractivity contribution is 5.30. The molecule has 4 nitrogen and oxygen atoms in total. The van der Waals surface area contributed by atoms with Crippen molar-refractivity contribution in [2.75, 3.05) is 19.8 Å². The lowest BCUT2D eigenvalue weighted by atomic mass is 9.73. The summed E-state index contributed by atoms with van der Waals surface area (Å²) in [5, 5.41) is 32.4. The molecule has 0 saturated carbocycles. The molecule has 0 fully saturated rings. The first-order valence-electron chi connectivity index (χ1n) is 8.30. The molecule has 2 unspecified atom stereocenters. The summed E-state index contributed by atoms with van der Waals surface area (Å²) in [6, 6.07) is 6.50. The highest BCUT2D eigenvalue weighted by Crippen LogP contribution is 2.36. The van der Waals surface area contributed by atoms with Crippen molar-refractivity contribution in [2.45, 2.75) is 32.2 Å². The summed E-state index contributed by atoms with van der Waals surface area (Å²) >= 11 is 0. The van der Waals surface area contributed by atoms with Crippen LogP contribution in [-0.4, -0.2) is 41.1 Å². The van der Waals surface area contributed by atoms with E-state index < -0.39 is 5.41 Å². The van der Waals surface area contributed by atoms with Crippen LogP contribution >= 0.6 is 0 Å². The van der Waals surface area contributed by atoms with E-state index in [4.69, 9.17) is 0 Å². The largest absolute Gasteiger partial charge is 0.508 e. The lowest BCUT2D eigenvalue weighted by Crippen LogP contribution is -2.46. The van der Waals surface area contributed by atoms with Gasteiger partial charge in [-0.05, 0) is 62.1 Å². The van der Waals surface area contributed by atoms with Gasteiger partial charge in [-0.2, -0.15) is 0 Å². The molecule has 0 aliphatic heterocycles. The third-order valence-electron chi connectivity index (χ3n) is 4.83. The van der Waals surface area contributed by atoms with E-state index in [-0.39, 0.29) is 30.8 Å². The second-order valence-electron chi connectivity index (χ2n) is 6.45. The van der Waals surface area contributed by atoms with Gasteiger partial charge in [0.05, 0.1) is 13.2 Å². The molecule has 0 aromatic heterocycles. The van der Waals surface area contributed by atoms with Crippen LogP contribution in [0.5, 0.6) is 0 Å². The zero-order chi connectivity index (χ0) is 17.6. The molecular weight excluding hydrogens is 309 g/mol. The Kier molecular flexibility index (Phi) is 6.54. The molecule has 0 spiro atoms. The summed E-state index contributed by atoms with van der Waals surface area (Å²) in [6.07, 6.45) is 5.55. The molecule has 5 heteroatoms. The maximum absolute atomic E-state index is 12.9. The molecule has 0 saturated heterocycles. The summed E-state index contributed by atoms with van der Waals surface area (Å²) in [6.45, 7) is 2.48. The fourth-order valence-corrected chi connectivity index (χ4v) is 3.05. The number of rotatable bonds is 8. The maximum Gasteiger partial charge on any atom is 0.123 e. The van der Waals surface area contributed by atoms with E-state index >= 15 is 0 Å². The Morgan fingerprint density at radius 2 is 1.96 bits per heavy atom. The maximum atomic E-state index is 12.9. The first-order chi connectivity index (χ1) is 11.5. The Labute approximate surface area is 142 Å². The quantitative estimate of drug-likeness (QED) is 0.551. The Morgan fingerprint density at radius 3 is 2.58 bits per heavy atom. The summed E-state index contributed by atoms with van der Waals surface area (Å²) in [5.41, 5.74) is 1.11. The molecule has 2 atom stereocenters. The minimum atomic E-state index is -0.528. The third kappa shape index (κ3) is 4.44. The Bertz CT molecular complexity index is 597. The Balaban J connectivity index is 1.85. The van der Waals surface area contributed by atoms with Gasteiger partial charge in [0.1, 0.15) is 11.6 Å². The van der Waals surface area contributed by atoms with Crippen LogP contribution in [0.3, 0.4) is 0 Å². The lowest BCUT2D eigenvalue weighted by molar-refractivity contribution is 0.123. The molecule has 1 aliphatic rings. The first-order valence-corrected chi connectivity index (χ1v) is 8.30. The molecule has 0 amide bonds. The second kappa shape index (κ2) is 8.42. The van der Waals surface area contributed by atoms with Crippen LogP contribution in [0, 0.1) is 11.2 Å². The van der Waals surface area contributed by atoms with E-state index in [9.17, 15) is 19.7 Å². The van der Waals surface area contributed by atoms with Crippen molar-refractivity contribution in [3.63, 3.8) is 0 Å². The van der Waals surface area contributed by atoms with Gasteiger partial charge in [0.15, 0.2) is 0 Å². The van der Waals surface area contributed by atoms with Crippen molar-refractivity contribution in [1.29, 1.82) is 0 Å². The van der Waals surface area contributed by atoms with E-state index in [1.54, 1.807) is 18.2 Å². The first kappa shape index (κ1) is 18.6. The van der Waals surface area contributed by atoms with E-state index in [1.165, 1.54) is 12.1 Å². The SMILES string of the molecule is CC(NCCCc1ccc(F)cc1)C1(CO)C=CC(O)=C(CO)C1. The highest BCUT2D eigenvalue weighted by atomic mass is 19.1. The van der Waals surface area contributed by atoms with Crippen LogP contribution in [0.15, 0.2) is 47.7 Å². The van der Waals surface area contributed by atoms with Gasteiger partial charge in [0.25, 0.3) is 0 Å². The van der Waals surface area contributed by atoms with Gasteiger partial charge in [0, 0.05) is 11.5 Å². The molecule has 4 N–H and O–H groups in total. The van der Waals surface area contributed by atoms with Crippen LogP contribution in [0.2, 0.25) is 0 Å². The van der Waals surface area contributed by atoms with Crippen LogP contribution in [0.1, 0.15) is 25.3 Å². The molecular formula is C19H26FNO3. The number of halogens is 1. The van der Waals surface area contributed by atoms with Gasteiger partial charge in [-0.15, -0.1) is 0 Å². The van der Waals surface area contributed by atoms with Crippen molar-refractivity contribution in [1.82, 2.24) is 5.32 Å². The topological polar surface area (TPSA) is 72.7 Å². The van der Waals surface area contributed by atoms with Gasteiger partial charge in [0.2, 0.25) is 0 Å². The summed E-state index contributed by atoms with van der Waals surface area (Å²) in [5.74, 6) is -0.138. The average molecular weight is 335 g/mol. The number of benzene rings is 1. The van der Waals surface area contributed by atoms with Gasteiger partial charge >= 0.3 is 0 Å². The zero-order valence-corrected chi connectivity index (χ0v) is 14.0. The number of hydrogen-bond acceptors (Lipinski definition) is 4. The lowest BCUT2D eigenvalue weighted by Gasteiger charge is -2.38. The summed E-state index contributed by atoms with van der Waals surface area (Å²) in [7, 11) is 0. The van der Waals surface area contributed by atoms with Crippen LogP contribution in [0.25, 0.3) is 0 Å². The normalized spacial score (nSPS) is 22.0. The van der Waals surface area contributed by atoms with E-state index in [2.05, 4.69) is 5.32 Å². The fraction of sp³-hybridized carbons (Fsp3) is 0.474. The highest BCUT2D eigenvalue weighted by Gasteiger charge is 2.36. The monoisotopic (exact) mass is 335 g/mol. The number of aliphatic hydroxyl groups is 3. The number of aliphatic hydroxyl groups excluding tert-OH is 3. The van der Waals surface area contributed by atoms with Crippen molar-refractivity contribution in [2.24, 2.45) is 5.41 Å². The molecule has 1 aliphatic carbocycles.